The third kappa shape index (κ3) is 3.75. The van der Waals surface area contributed by atoms with Crippen molar-refractivity contribution in [3.05, 3.63) is 42.0 Å². The zero-order valence-corrected chi connectivity index (χ0v) is 12.6. The van der Waals surface area contributed by atoms with E-state index >= 15 is 0 Å². The normalized spacial score (nSPS) is 14.0. The molecule has 0 amide bonds. The average Bonchev–Trinajstić information content (AvgIpc) is 2.46. The van der Waals surface area contributed by atoms with Gasteiger partial charge in [0.1, 0.15) is 6.10 Å². The van der Waals surface area contributed by atoms with E-state index in [0.29, 0.717) is 23.4 Å². The van der Waals surface area contributed by atoms with Gasteiger partial charge in [0, 0.05) is 23.8 Å². The van der Waals surface area contributed by atoms with Crippen LogP contribution >= 0.6 is 11.8 Å². The molecule has 0 aromatic heterocycles. The van der Waals surface area contributed by atoms with Crippen molar-refractivity contribution in [2.24, 2.45) is 0 Å². The second-order valence-corrected chi connectivity index (χ2v) is 6.20. The Morgan fingerprint density at radius 2 is 1.86 bits per heavy atom. The minimum atomic E-state index is -0.997. The number of anilines is 1. The first-order chi connectivity index (χ1) is 10.0. The number of rotatable bonds is 5. The highest BCUT2D eigenvalue weighted by Crippen LogP contribution is 2.30. The molecular weight excluding hydrogens is 286 g/mol. The van der Waals surface area contributed by atoms with Crippen LogP contribution < -0.4 is 5.73 Å². The predicted octanol–water partition coefficient (Wildman–Crippen LogP) is 2.49. The number of fused-ring (bicyclic) bond motifs is 1. The van der Waals surface area contributed by atoms with Crippen molar-refractivity contribution in [2.75, 3.05) is 11.5 Å². The molecule has 4 nitrogen and oxygen atoms in total. The van der Waals surface area contributed by atoms with E-state index in [1.54, 1.807) is 12.1 Å². The van der Waals surface area contributed by atoms with E-state index in [4.69, 9.17) is 5.73 Å². The Bertz CT molecular complexity index is 644. The number of carbonyl (C=O) groups excluding carboxylic acids is 1. The highest BCUT2D eigenvalue weighted by Gasteiger charge is 2.20. The summed E-state index contributed by atoms with van der Waals surface area (Å²) < 4.78 is 0. The third-order valence-electron chi connectivity index (χ3n) is 3.39. The van der Waals surface area contributed by atoms with Gasteiger partial charge in [0.05, 0.1) is 6.10 Å². The van der Waals surface area contributed by atoms with Crippen LogP contribution in [0.3, 0.4) is 0 Å². The predicted molar refractivity (Wildman–Crippen MR) is 87.1 cm³/mol. The molecule has 0 aliphatic rings. The van der Waals surface area contributed by atoms with E-state index < -0.39 is 12.2 Å². The average molecular weight is 305 g/mol. The number of nitrogens with two attached hydrogens (primary N) is 1. The molecule has 2 aromatic carbocycles. The molecule has 0 fully saturated rings. The summed E-state index contributed by atoms with van der Waals surface area (Å²) in [5.41, 5.74) is 7.22. The maximum atomic E-state index is 10.9. The lowest BCUT2D eigenvalue weighted by atomic mass is 9.96. The Balaban J connectivity index is 2.21. The van der Waals surface area contributed by atoms with Gasteiger partial charge in [-0.05, 0) is 23.4 Å². The molecule has 4 N–H and O–H groups in total. The molecule has 0 saturated carbocycles. The van der Waals surface area contributed by atoms with Gasteiger partial charge in [0.15, 0.2) is 5.12 Å². The monoisotopic (exact) mass is 305 g/mol. The van der Waals surface area contributed by atoms with Crippen LogP contribution in [0, 0.1) is 0 Å². The van der Waals surface area contributed by atoms with E-state index in [2.05, 4.69) is 0 Å². The second kappa shape index (κ2) is 6.93. The number of benzene rings is 2. The zero-order valence-electron chi connectivity index (χ0n) is 11.8. The summed E-state index contributed by atoms with van der Waals surface area (Å²) in [7, 11) is 0. The molecular formula is C16H19NO3S. The van der Waals surface area contributed by atoms with Gasteiger partial charge in [0.2, 0.25) is 0 Å². The molecule has 0 spiro atoms. The number of hydrogen-bond donors (Lipinski definition) is 3. The molecule has 0 saturated heterocycles. The summed E-state index contributed by atoms with van der Waals surface area (Å²) in [5, 5.41) is 22.2. The van der Waals surface area contributed by atoms with Crippen LogP contribution in [0.15, 0.2) is 36.4 Å². The van der Waals surface area contributed by atoms with Crippen molar-refractivity contribution in [3.8, 4) is 0 Å². The van der Waals surface area contributed by atoms with Crippen molar-refractivity contribution in [3.63, 3.8) is 0 Å². The van der Waals surface area contributed by atoms with Crippen molar-refractivity contribution in [1.82, 2.24) is 0 Å². The lowest BCUT2D eigenvalue weighted by Gasteiger charge is -2.20. The lowest BCUT2D eigenvalue weighted by Crippen LogP contribution is -2.19. The lowest BCUT2D eigenvalue weighted by molar-refractivity contribution is -0.109. The molecule has 2 unspecified atom stereocenters. The molecule has 0 bridgehead atoms. The molecule has 0 heterocycles. The fourth-order valence-corrected chi connectivity index (χ4v) is 2.95. The summed E-state index contributed by atoms with van der Waals surface area (Å²) in [6.45, 7) is 1.49. The Kier molecular flexibility index (Phi) is 5.22. The summed E-state index contributed by atoms with van der Waals surface area (Å²) in [4.78, 5) is 10.9. The smallest absolute Gasteiger partial charge is 0.185 e. The highest BCUT2D eigenvalue weighted by molar-refractivity contribution is 8.13. The fraction of sp³-hybridized carbons (Fsp3) is 0.312. The topological polar surface area (TPSA) is 83.5 Å². The number of aliphatic hydroxyl groups is 2. The van der Waals surface area contributed by atoms with Crippen LogP contribution in [0.2, 0.25) is 0 Å². The Labute approximate surface area is 128 Å². The molecule has 2 rings (SSSR count). The van der Waals surface area contributed by atoms with Crippen LogP contribution in [-0.2, 0) is 4.79 Å². The maximum absolute atomic E-state index is 10.9. The second-order valence-electron chi connectivity index (χ2n) is 4.93. The molecule has 0 aliphatic carbocycles. The van der Waals surface area contributed by atoms with Gasteiger partial charge in [-0.2, -0.15) is 0 Å². The summed E-state index contributed by atoms with van der Waals surface area (Å²) in [5.74, 6) is 0.487. The Hall–Kier alpha value is -1.56. The third-order valence-corrected chi connectivity index (χ3v) is 4.24. The summed E-state index contributed by atoms with van der Waals surface area (Å²) >= 11 is 1.15. The van der Waals surface area contributed by atoms with Gasteiger partial charge in [-0.25, -0.2) is 0 Å². The van der Waals surface area contributed by atoms with E-state index in [9.17, 15) is 15.0 Å². The fourth-order valence-electron chi connectivity index (χ4n) is 2.31. The summed E-state index contributed by atoms with van der Waals surface area (Å²) in [6, 6.07) is 11.0. The van der Waals surface area contributed by atoms with E-state index in [0.717, 1.165) is 22.5 Å². The van der Waals surface area contributed by atoms with E-state index in [1.165, 1.54) is 6.92 Å². The van der Waals surface area contributed by atoms with Crippen molar-refractivity contribution in [1.29, 1.82) is 0 Å². The SMILES string of the molecule is CC(=O)SCCC(O)C(O)c1cccc2c(N)cccc12. The van der Waals surface area contributed by atoms with Crippen LogP contribution in [0.25, 0.3) is 10.8 Å². The highest BCUT2D eigenvalue weighted by atomic mass is 32.2. The number of thioether (sulfide) groups is 1. The van der Waals surface area contributed by atoms with E-state index in [-0.39, 0.29) is 5.12 Å². The molecule has 2 aromatic rings. The van der Waals surface area contributed by atoms with Crippen molar-refractivity contribution >= 4 is 33.3 Å². The van der Waals surface area contributed by atoms with Crippen LogP contribution in [0.5, 0.6) is 0 Å². The number of aliphatic hydroxyl groups excluding tert-OH is 2. The van der Waals surface area contributed by atoms with Gasteiger partial charge in [-0.15, -0.1) is 0 Å². The molecule has 21 heavy (non-hydrogen) atoms. The molecule has 0 radical (unpaired) electrons. The van der Waals surface area contributed by atoms with Crippen LogP contribution in [0.1, 0.15) is 25.0 Å². The minimum absolute atomic E-state index is 0.00891. The van der Waals surface area contributed by atoms with Crippen molar-refractivity contribution < 1.29 is 15.0 Å². The Morgan fingerprint density at radius 1 is 1.19 bits per heavy atom. The number of hydrogen-bond acceptors (Lipinski definition) is 5. The van der Waals surface area contributed by atoms with Gasteiger partial charge >= 0.3 is 0 Å². The van der Waals surface area contributed by atoms with Crippen LogP contribution in [0.4, 0.5) is 5.69 Å². The standard InChI is InChI=1S/C16H19NO3S/c1-10(18)21-9-8-15(19)16(20)13-6-2-5-12-11(13)4-3-7-14(12)17/h2-7,15-16,19-20H,8-9,17H2,1H3. The first-order valence-corrected chi connectivity index (χ1v) is 7.76. The largest absolute Gasteiger partial charge is 0.398 e. The summed E-state index contributed by atoms with van der Waals surface area (Å²) in [6.07, 6.45) is -1.56. The first-order valence-electron chi connectivity index (χ1n) is 6.77. The van der Waals surface area contributed by atoms with Crippen molar-refractivity contribution in [2.45, 2.75) is 25.6 Å². The zero-order chi connectivity index (χ0) is 15.4. The molecule has 5 heteroatoms. The number of carbonyl (C=O) groups is 1. The first kappa shape index (κ1) is 15.8. The van der Waals surface area contributed by atoms with Gasteiger partial charge < -0.3 is 15.9 Å². The van der Waals surface area contributed by atoms with E-state index in [1.807, 2.05) is 24.3 Å². The number of nitrogen functional groups attached to an aromatic ring is 1. The quantitative estimate of drug-likeness (QED) is 0.739. The molecule has 0 aliphatic heterocycles. The molecule has 2 atom stereocenters. The van der Waals surface area contributed by atoms with Gasteiger partial charge in [-0.3, -0.25) is 4.79 Å². The van der Waals surface area contributed by atoms with Crippen LogP contribution in [-0.4, -0.2) is 27.2 Å². The van der Waals surface area contributed by atoms with Gasteiger partial charge in [-0.1, -0.05) is 42.1 Å². The molecule has 112 valence electrons. The maximum Gasteiger partial charge on any atom is 0.185 e. The minimum Gasteiger partial charge on any atom is -0.398 e. The van der Waals surface area contributed by atoms with Gasteiger partial charge in [0.25, 0.3) is 0 Å². The Morgan fingerprint density at radius 3 is 2.57 bits per heavy atom.